The topological polar surface area (TPSA) is 74.8 Å². The number of rotatable bonds is 9. The van der Waals surface area contributed by atoms with Gasteiger partial charge in [0.25, 0.3) is 0 Å². The van der Waals surface area contributed by atoms with Crippen LogP contribution in [0.2, 0.25) is 0 Å². The highest BCUT2D eigenvalue weighted by Crippen LogP contribution is 2.19. The second-order valence-electron chi connectivity index (χ2n) is 6.46. The first-order chi connectivity index (χ1) is 12.7. The van der Waals surface area contributed by atoms with E-state index in [2.05, 4.69) is 20.9 Å². The van der Waals surface area contributed by atoms with E-state index in [4.69, 9.17) is 4.74 Å². The highest BCUT2D eigenvalue weighted by molar-refractivity contribution is 5.81. The number of benzene rings is 1. The van der Waals surface area contributed by atoms with Crippen molar-refractivity contribution in [2.45, 2.75) is 58.5 Å². The van der Waals surface area contributed by atoms with E-state index in [1.54, 1.807) is 0 Å². The van der Waals surface area contributed by atoms with Gasteiger partial charge in [-0.15, -0.1) is 0 Å². The Bertz CT molecular complexity index is 583. The molecule has 0 unspecified atom stereocenters. The number of amides is 1. The average Bonchev–Trinajstić information content (AvgIpc) is 3.14. The van der Waals surface area contributed by atoms with Crippen LogP contribution >= 0.6 is 0 Å². The van der Waals surface area contributed by atoms with Gasteiger partial charge in [0.15, 0.2) is 5.96 Å². The molecule has 1 amide bonds. The summed E-state index contributed by atoms with van der Waals surface area (Å²) in [5, 5.41) is 9.56. The Morgan fingerprint density at radius 1 is 1.19 bits per heavy atom. The van der Waals surface area contributed by atoms with Gasteiger partial charge in [0.05, 0.1) is 13.2 Å². The number of guanidine groups is 1. The summed E-state index contributed by atoms with van der Waals surface area (Å²) in [6.07, 6.45) is 5.13. The highest BCUT2D eigenvalue weighted by Gasteiger charge is 2.16. The minimum absolute atomic E-state index is 0.113. The number of carbonyl (C=O) groups is 1. The SMILES string of the molecule is CCNC(=NCc1ccccc1OCC)NCCC(=O)NC1CCCC1. The van der Waals surface area contributed by atoms with Crippen molar-refractivity contribution in [1.82, 2.24) is 16.0 Å². The Hall–Kier alpha value is -2.24. The first-order valence-corrected chi connectivity index (χ1v) is 9.75. The Labute approximate surface area is 156 Å². The van der Waals surface area contributed by atoms with Crippen molar-refractivity contribution in [2.24, 2.45) is 4.99 Å². The molecule has 1 aliphatic rings. The number of hydrogen-bond acceptors (Lipinski definition) is 3. The van der Waals surface area contributed by atoms with Crippen LogP contribution in [0.5, 0.6) is 5.75 Å². The molecule has 6 heteroatoms. The number of nitrogens with zero attached hydrogens (tertiary/aromatic N) is 1. The number of para-hydroxylation sites is 1. The minimum atomic E-state index is 0.113. The van der Waals surface area contributed by atoms with Gasteiger partial charge >= 0.3 is 0 Å². The van der Waals surface area contributed by atoms with Crippen LogP contribution in [-0.4, -0.2) is 37.6 Å². The molecule has 0 spiro atoms. The maximum atomic E-state index is 12.0. The molecule has 0 atom stereocenters. The number of carbonyl (C=O) groups excluding carboxylic acids is 1. The predicted molar refractivity (Wildman–Crippen MR) is 105 cm³/mol. The zero-order chi connectivity index (χ0) is 18.6. The lowest BCUT2D eigenvalue weighted by Gasteiger charge is -2.14. The normalized spacial score (nSPS) is 14.9. The molecule has 26 heavy (non-hydrogen) atoms. The molecular weight excluding hydrogens is 328 g/mol. The summed E-state index contributed by atoms with van der Waals surface area (Å²) in [5.41, 5.74) is 1.05. The Balaban J connectivity index is 1.81. The molecule has 1 saturated carbocycles. The molecule has 144 valence electrons. The van der Waals surface area contributed by atoms with E-state index in [1.807, 2.05) is 38.1 Å². The standard InChI is InChI=1S/C20H32N4O2/c1-3-21-20(22-14-13-19(25)24-17-10-6-7-11-17)23-15-16-9-5-8-12-18(16)26-4-2/h5,8-9,12,17H,3-4,6-7,10-11,13-15H2,1-2H3,(H,24,25)(H2,21,22,23). The monoisotopic (exact) mass is 360 g/mol. The van der Waals surface area contributed by atoms with Crippen LogP contribution in [-0.2, 0) is 11.3 Å². The molecule has 1 aromatic carbocycles. The van der Waals surface area contributed by atoms with Crippen molar-refractivity contribution in [3.8, 4) is 5.75 Å². The maximum absolute atomic E-state index is 12.0. The molecule has 1 fully saturated rings. The van der Waals surface area contributed by atoms with Crippen LogP contribution in [0.4, 0.5) is 0 Å². The van der Waals surface area contributed by atoms with Crippen LogP contribution in [0, 0.1) is 0 Å². The van der Waals surface area contributed by atoms with Gasteiger partial charge in [0, 0.05) is 31.1 Å². The van der Waals surface area contributed by atoms with Crippen molar-refractivity contribution in [2.75, 3.05) is 19.7 Å². The van der Waals surface area contributed by atoms with Crippen LogP contribution in [0.1, 0.15) is 51.5 Å². The third-order valence-corrected chi connectivity index (χ3v) is 4.39. The maximum Gasteiger partial charge on any atom is 0.221 e. The molecule has 0 heterocycles. The first kappa shape index (κ1) is 20.1. The smallest absolute Gasteiger partial charge is 0.221 e. The molecule has 1 aromatic rings. The Morgan fingerprint density at radius 3 is 2.69 bits per heavy atom. The van der Waals surface area contributed by atoms with E-state index >= 15 is 0 Å². The summed E-state index contributed by atoms with van der Waals surface area (Å²) in [7, 11) is 0. The lowest BCUT2D eigenvalue weighted by molar-refractivity contribution is -0.121. The fraction of sp³-hybridized carbons (Fsp3) is 0.600. The minimum Gasteiger partial charge on any atom is -0.494 e. The highest BCUT2D eigenvalue weighted by atomic mass is 16.5. The van der Waals surface area contributed by atoms with E-state index in [9.17, 15) is 4.79 Å². The van der Waals surface area contributed by atoms with Crippen molar-refractivity contribution in [1.29, 1.82) is 0 Å². The lowest BCUT2D eigenvalue weighted by Crippen LogP contribution is -2.40. The van der Waals surface area contributed by atoms with Crippen LogP contribution < -0.4 is 20.7 Å². The fourth-order valence-corrected chi connectivity index (χ4v) is 3.10. The number of ether oxygens (including phenoxy) is 1. The molecule has 0 saturated heterocycles. The van der Waals surface area contributed by atoms with E-state index in [0.717, 1.165) is 30.7 Å². The van der Waals surface area contributed by atoms with Gasteiger partial charge in [-0.3, -0.25) is 4.79 Å². The summed E-state index contributed by atoms with van der Waals surface area (Å²) < 4.78 is 5.64. The molecule has 0 aliphatic heterocycles. The van der Waals surface area contributed by atoms with Gasteiger partial charge in [-0.25, -0.2) is 4.99 Å². The lowest BCUT2D eigenvalue weighted by atomic mass is 10.2. The van der Waals surface area contributed by atoms with Crippen molar-refractivity contribution in [3.05, 3.63) is 29.8 Å². The molecular formula is C20H32N4O2. The van der Waals surface area contributed by atoms with E-state index in [1.165, 1.54) is 12.8 Å². The average molecular weight is 361 g/mol. The first-order valence-electron chi connectivity index (χ1n) is 9.75. The van der Waals surface area contributed by atoms with E-state index in [0.29, 0.717) is 38.1 Å². The molecule has 3 N–H and O–H groups in total. The Kier molecular flexibility index (Phi) is 8.79. The molecule has 2 rings (SSSR count). The van der Waals surface area contributed by atoms with Crippen molar-refractivity contribution < 1.29 is 9.53 Å². The predicted octanol–water partition coefficient (Wildman–Crippen LogP) is 2.59. The number of nitrogens with one attached hydrogen (secondary N) is 3. The second-order valence-corrected chi connectivity index (χ2v) is 6.46. The number of aliphatic imine (C=N–C) groups is 1. The summed E-state index contributed by atoms with van der Waals surface area (Å²) in [6.45, 7) is 6.50. The van der Waals surface area contributed by atoms with Gasteiger partial charge in [0.1, 0.15) is 5.75 Å². The van der Waals surface area contributed by atoms with Gasteiger partial charge < -0.3 is 20.7 Å². The molecule has 0 bridgehead atoms. The van der Waals surface area contributed by atoms with Gasteiger partial charge in [-0.2, -0.15) is 0 Å². The third kappa shape index (κ3) is 6.94. The zero-order valence-corrected chi connectivity index (χ0v) is 16.0. The molecule has 0 aromatic heterocycles. The summed E-state index contributed by atoms with van der Waals surface area (Å²) in [4.78, 5) is 16.6. The zero-order valence-electron chi connectivity index (χ0n) is 16.0. The van der Waals surface area contributed by atoms with E-state index < -0.39 is 0 Å². The van der Waals surface area contributed by atoms with E-state index in [-0.39, 0.29) is 5.91 Å². The molecule has 1 aliphatic carbocycles. The molecule has 0 radical (unpaired) electrons. The largest absolute Gasteiger partial charge is 0.494 e. The summed E-state index contributed by atoms with van der Waals surface area (Å²) in [6, 6.07) is 8.31. The van der Waals surface area contributed by atoms with Gasteiger partial charge in [-0.1, -0.05) is 31.0 Å². The second kappa shape index (κ2) is 11.4. The van der Waals surface area contributed by atoms with Gasteiger partial charge in [0.2, 0.25) is 5.91 Å². The van der Waals surface area contributed by atoms with Crippen molar-refractivity contribution >= 4 is 11.9 Å². The van der Waals surface area contributed by atoms with Crippen molar-refractivity contribution in [3.63, 3.8) is 0 Å². The number of hydrogen-bond donors (Lipinski definition) is 3. The van der Waals surface area contributed by atoms with Crippen LogP contribution in [0.3, 0.4) is 0 Å². The summed E-state index contributed by atoms with van der Waals surface area (Å²) in [5.74, 6) is 1.69. The third-order valence-electron chi connectivity index (χ3n) is 4.39. The summed E-state index contributed by atoms with van der Waals surface area (Å²) >= 11 is 0. The quantitative estimate of drug-likeness (QED) is 0.467. The van der Waals surface area contributed by atoms with Gasteiger partial charge in [-0.05, 0) is 32.8 Å². The van der Waals surface area contributed by atoms with Crippen LogP contribution in [0.25, 0.3) is 0 Å². The Morgan fingerprint density at radius 2 is 1.96 bits per heavy atom. The molecule has 6 nitrogen and oxygen atoms in total. The van der Waals surface area contributed by atoms with Crippen LogP contribution in [0.15, 0.2) is 29.3 Å². The fourth-order valence-electron chi connectivity index (χ4n) is 3.10.